The minimum absolute atomic E-state index is 0.230. The van der Waals surface area contributed by atoms with Crippen LogP contribution in [0.25, 0.3) is 0 Å². The molecule has 20 heavy (non-hydrogen) atoms. The van der Waals surface area contributed by atoms with Crippen molar-refractivity contribution in [2.24, 2.45) is 5.92 Å². The molecule has 0 aromatic heterocycles. The molecule has 1 atom stereocenters. The fourth-order valence-corrected chi connectivity index (χ4v) is 1.38. The lowest BCUT2D eigenvalue weighted by Gasteiger charge is -2.09. The molecule has 0 aromatic rings. The molecule has 0 aliphatic heterocycles. The number of hydrogen-bond acceptors (Lipinski definition) is 5. The van der Waals surface area contributed by atoms with Crippen LogP contribution in [-0.4, -0.2) is 38.9 Å². The van der Waals surface area contributed by atoms with Gasteiger partial charge in [-0.1, -0.05) is 26.7 Å². The van der Waals surface area contributed by atoms with Crippen LogP contribution in [0.15, 0.2) is 12.2 Å². The van der Waals surface area contributed by atoms with Gasteiger partial charge in [-0.3, -0.25) is 0 Å². The van der Waals surface area contributed by atoms with Crippen molar-refractivity contribution in [3.8, 4) is 0 Å². The highest BCUT2D eigenvalue weighted by Gasteiger charge is 2.05. The summed E-state index contributed by atoms with van der Waals surface area (Å²) >= 11 is 0. The molecule has 0 aliphatic rings. The minimum atomic E-state index is -0.528. The summed E-state index contributed by atoms with van der Waals surface area (Å²) < 4.78 is 14.9. The van der Waals surface area contributed by atoms with Crippen molar-refractivity contribution in [2.75, 3.05) is 26.9 Å². The largest absolute Gasteiger partial charge is 0.463 e. The quantitative estimate of drug-likeness (QED) is 0.332. The molecular weight excluding hydrogens is 260 g/mol. The average Bonchev–Trinajstić information content (AvgIpc) is 2.45. The maximum atomic E-state index is 11.4. The molecule has 1 unspecified atom stereocenters. The van der Waals surface area contributed by atoms with Gasteiger partial charge in [-0.05, 0) is 18.8 Å². The molecule has 0 N–H and O–H groups in total. The summed E-state index contributed by atoms with van der Waals surface area (Å²) in [5.74, 6) is -0.807. The van der Waals surface area contributed by atoms with E-state index >= 15 is 0 Å². The van der Waals surface area contributed by atoms with Gasteiger partial charge in [0, 0.05) is 25.9 Å². The third kappa shape index (κ3) is 11.7. The number of hydrogen-bond donors (Lipinski definition) is 0. The third-order valence-electron chi connectivity index (χ3n) is 2.67. The number of esters is 2. The van der Waals surface area contributed by atoms with Gasteiger partial charge >= 0.3 is 11.9 Å². The highest BCUT2D eigenvalue weighted by Crippen LogP contribution is 2.02. The number of rotatable bonds is 11. The van der Waals surface area contributed by atoms with E-state index in [0.717, 1.165) is 37.8 Å². The highest BCUT2D eigenvalue weighted by molar-refractivity contribution is 5.91. The lowest BCUT2D eigenvalue weighted by molar-refractivity contribution is -0.141. The Labute approximate surface area is 121 Å². The van der Waals surface area contributed by atoms with Crippen LogP contribution in [-0.2, 0) is 23.8 Å². The maximum Gasteiger partial charge on any atom is 0.331 e. The minimum Gasteiger partial charge on any atom is -0.463 e. The van der Waals surface area contributed by atoms with Crippen LogP contribution in [0.4, 0.5) is 0 Å². The molecule has 116 valence electrons. The molecule has 0 spiro atoms. The summed E-state index contributed by atoms with van der Waals surface area (Å²) in [4.78, 5) is 22.6. The Morgan fingerprint density at radius 3 is 2.30 bits per heavy atom. The fourth-order valence-electron chi connectivity index (χ4n) is 1.38. The molecule has 0 bridgehead atoms. The van der Waals surface area contributed by atoms with Crippen molar-refractivity contribution in [2.45, 2.75) is 39.5 Å². The Kier molecular flexibility index (Phi) is 11.8. The Balaban J connectivity index is 3.72. The van der Waals surface area contributed by atoms with Crippen LogP contribution in [0.1, 0.15) is 39.5 Å². The first kappa shape index (κ1) is 18.6. The van der Waals surface area contributed by atoms with E-state index < -0.39 is 11.9 Å². The van der Waals surface area contributed by atoms with Crippen LogP contribution >= 0.6 is 0 Å². The second-order valence-electron chi connectivity index (χ2n) is 4.72. The smallest absolute Gasteiger partial charge is 0.331 e. The van der Waals surface area contributed by atoms with Gasteiger partial charge < -0.3 is 14.2 Å². The van der Waals surface area contributed by atoms with Gasteiger partial charge in [-0.25, -0.2) is 9.59 Å². The molecule has 5 nitrogen and oxygen atoms in total. The molecule has 0 aromatic carbocycles. The number of carbonyl (C=O) groups excluding carboxylic acids is 2. The molecule has 0 saturated heterocycles. The first-order chi connectivity index (χ1) is 9.60. The van der Waals surface area contributed by atoms with E-state index in [1.165, 1.54) is 0 Å². The number of ether oxygens (including phenoxy) is 3. The van der Waals surface area contributed by atoms with Gasteiger partial charge in [0.15, 0.2) is 0 Å². The average molecular weight is 286 g/mol. The molecule has 0 rings (SSSR count). The fraction of sp³-hybridized carbons (Fsp3) is 0.733. The lowest BCUT2D eigenvalue weighted by Crippen LogP contribution is -2.12. The second-order valence-corrected chi connectivity index (χ2v) is 4.72. The van der Waals surface area contributed by atoms with Gasteiger partial charge in [-0.15, -0.1) is 0 Å². The molecule has 0 aliphatic carbocycles. The predicted molar refractivity (Wildman–Crippen MR) is 76.2 cm³/mol. The highest BCUT2D eigenvalue weighted by atomic mass is 16.5. The van der Waals surface area contributed by atoms with Gasteiger partial charge in [0.05, 0.1) is 13.2 Å². The van der Waals surface area contributed by atoms with Gasteiger partial charge in [0.1, 0.15) is 0 Å². The zero-order chi connectivity index (χ0) is 15.2. The Bertz CT molecular complexity index is 299. The van der Waals surface area contributed by atoms with Crippen molar-refractivity contribution < 1.29 is 23.8 Å². The third-order valence-corrected chi connectivity index (χ3v) is 2.67. The summed E-state index contributed by atoms with van der Waals surface area (Å²) in [5.41, 5.74) is 0. The van der Waals surface area contributed by atoms with E-state index in [1.807, 2.05) is 6.92 Å². The first-order valence-electron chi connectivity index (χ1n) is 7.10. The second kappa shape index (κ2) is 12.7. The van der Waals surface area contributed by atoms with Crippen molar-refractivity contribution in [3.05, 3.63) is 12.2 Å². The number of unbranched alkanes of at least 4 members (excludes halogenated alkanes) is 2. The van der Waals surface area contributed by atoms with Crippen molar-refractivity contribution in [3.63, 3.8) is 0 Å². The van der Waals surface area contributed by atoms with E-state index in [1.54, 1.807) is 7.11 Å². The summed E-state index contributed by atoms with van der Waals surface area (Å²) in [6.45, 7) is 5.39. The summed E-state index contributed by atoms with van der Waals surface area (Å²) in [6, 6.07) is 0. The van der Waals surface area contributed by atoms with Gasteiger partial charge in [0.25, 0.3) is 0 Å². The Morgan fingerprint density at radius 1 is 1.05 bits per heavy atom. The van der Waals surface area contributed by atoms with Crippen molar-refractivity contribution in [1.82, 2.24) is 0 Å². The molecule has 0 fully saturated rings. The summed E-state index contributed by atoms with van der Waals surface area (Å²) in [7, 11) is 1.63. The van der Waals surface area contributed by atoms with Crippen molar-refractivity contribution in [1.29, 1.82) is 0 Å². The monoisotopic (exact) mass is 286 g/mol. The summed E-state index contributed by atoms with van der Waals surface area (Å²) in [5, 5.41) is 0. The topological polar surface area (TPSA) is 61.8 Å². The Hall–Kier alpha value is -1.36. The van der Waals surface area contributed by atoms with E-state index in [0.29, 0.717) is 19.8 Å². The van der Waals surface area contributed by atoms with E-state index in [9.17, 15) is 9.59 Å². The number of methoxy groups -OCH3 is 1. The van der Waals surface area contributed by atoms with Crippen molar-refractivity contribution >= 4 is 11.9 Å². The molecule has 5 heteroatoms. The summed E-state index contributed by atoms with van der Waals surface area (Å²) in [6.07, 6.45) is 5.98. The van der Waals surface area contributed by atoms with Gasteiger partial charge in [0.2, 0.25) is 0 Å². The zero-order valence-electron chi connectivity index (χ0n) is 12.7. The molecule has 0 heterocycles. The SMILES string of the molecule is CCCCCOC(=O)/C=C/C(=O)OCC(C)CCOC. The standard InChI is InChI=1S/C15H26O5/c1-4-5-6-10-19-14(16)7-8-15(17)20-12-13(2)9-11-18-3/h7-8,13H,4-6,9-12H2,1-3H3/b8-7+. The Morgan fingerprint density at radius 2 is 1.70 bits per heavy atom. The lowest BCUT2D eigenvalue weighted by atomic mass is 10.1. The molecule has 0 radical (unpaired) electrons. The van der Waals surface area contributed by atoms with Crippen LogP contribution in [0, 0.1) is 5.92 Å². The number of carbonyl (C=O) groups is 2. The van der Waals surface area contributed by atoms with Crippen LogP contribution in [0.2, 0.25) is 0 Å². The molecule has 0 saturated carbocycles. The van der Waals surface area contributed by atoms with E-state index in [2.05, 4.69) is 6.92 Å². The van der Waals surface area contributed by atoms with Gasteiger partial charge in [-0.2, -0.15) is 0 Å². The van der Waals surface area contributed by atoms with E-state index in [-0.39, 0.29) is 5.92 Å². The predicted octanol–water partition coefficient (Wildman–Crippen LogP) is 2.49. The maximum absolute atomic E-state index is 11.4. The zero-order valence-corrected chi connectivity index (χ0v) is 12.7. The van der Waals surface area contributed by atoms with Crippen LogP contribution in [0.3, 0.4) is 0 Å². The first-order valence-corrected chi connectivity index (χ1v) is 7.10. The van der Waals surface area contributed by atoms with Crippen LogP contribution in [0.5, 0.6) is 0 Å². The molecule has 0 amide bonds. The van der Waals surface area contributed by atoms with E-state index in [4.69, 9.17) is 14.2 Å². The normalized spacial score (nSPS) is 12.3. The van der Waals surface area contributed by atoms with Crippen LogP contribution < -0.4 is 0 Å². The molecular formula is C15H26O5.